The molecule has 0 aliphatic carbocycles. The van der Waals surface area contributed by atoms with E-state index in [2.05, 4.69) is 0 Å². The summed E-state index contributed by atoms with van der Waals surface area (Å²) in [6, 6.07) is 15.8. The zero-order valence-electron chi connectivity index (χ0n) is 11.5. The maximum Gasteiger partial charge on any atom is 0.338 e. The van der Waals surface area contributed by atoms with Crippen LogP contribution in [0.1, 0.15) is 18.1 Å². The maximum atomic E-state index is 12.6. The van der Waals surface area contributed by atoms with E-state index >= 15 is 0 Å². The van der Waals surface area contributed by atoms with Gasteiger partial charge in [-0.25, -0.2) is 4.79 Å². The fourth-order valence-corrected chi connectivity index (χ4v) is 2.66. The molecule has 0 amide bonds. The fraction of sp³-hybridized carbons (Fsp3) is 0.176. The molecule has 21 heavy (non-hydrogen) atoms. The van der Waals surface area contributed by atoms with E-state index in [1.54, 1.807) is 55.5 Å². The standard InChI is InChI=1S/C17H14O4/c1-2-20-15(18)17(12-8-4-3-5-9-12)13-10-6-7-11-14(13)21-16(17)19/h3-11H,2H2,1H3. The number of fused-ring (bicyclic) bond motifs is 1. The normalized spacial score (nSPS) is 19.8. The zero-order valence-corrected chi connectivity index (χ0v) is 11.5. The monoisotopic (exact) mass is 282 g/mol. The fourth-order valence-electron chi connectivity index (χ4n) is 2.66. The summed E-state index contributed by atoms with van der Waals surface area (Å²) in [6.07, 6.45) is 0. The third kappa shape index (κ3) is 1.83. The molecule has 1 atom stereocenters. The summed E-state index contributed by atoms with van der Waals surface area (Å²) in [7, 11) is 0. The van der Waals surface area contributed by atoms with Gasteiger partial charge in [-0.2, -0.15) is 0 Å². The number of hydrogen-bond donors (Lipinski definition) is 0. The summed E-state index contributed by atoms with van der Waals surface area (Å²) >= 11 is 0. The van der Waals surface area contributed by atoms with Crippen LogP contribution in [0.4, 0.5) is 0 Å². The summed E-state index contributed by atoms with van der Waals surface area (Å²) in [4.78, 5) is 25.2. The Labute approximate surface area is 122 Å². The molecule has 0 bridgehead atoms. The van der Waals surface area contributed by atoms with Crippen molar-refractivity contribution in [2.24, 2.45) is 0 Å². The van der Waals surface area contributed by atoms with Crippen LogP contribution in [0.3, 0.4) is 0 Å². The number of hydrogen-bond acceptors (Lipinski definition) is 4. The maximum absolute atomic E-state index is 12.6. The Morgan fingerprint density at radius 3 is 2.48 bits per heavy atom. The molecular weight excluding hydrogens is 268 g/mol. The number of carbonyl (C=O) groups excluding carboxylic acids is 2. The highest BCUT2D eigenvalue weighted by molar-refractivity contribution is 6.13. The zero-order chi connectivity index (χ0) is 14.9. The van der Waals surface area contributed by atoms with Crippen LogP contribution < -0.4 is 4.74 Å². The van der Waals surface area contributed by atoms with Crippen LogP contribution in [0.2, 0.25) is 0 Å². The highest BCUT2D eigenvalue weighted by Crippen LogP contribution is 2.45. The SMILES string of the molecule is CCOC(=O)C1(c2ccccc2)C(=O)Oc2ccccc21. The number of rotatable bonds is 3. The summed E-state index contributed by atoms with van der Waals surface area (Å²) < 4.78 is 10.5. The van der Waals surface area contributed by atoms with E-state index < -0.39 is 17.4 Å². The minimum Gasteiger partial charge on any atom is -0.465 e. The Morgan fingerprint density at radius 1 is 1.10 bits per heavy atom. The number of ether oxygens (including phenoxy) is 2. The number of para-hydroxylation sites is 1. The third-order valence-electron chi connectivity index (χ3n) is 3.59. The molecule has 4 nitrogen and oxygen atoms in total. The highest BCUT2D eigenvalue weighted by Gasteiger charge is 2.57. The van der Waals surface area contributed by atoms with Crippen molar-refractivity contribution >= 4 is 11.9 Å². The molecule has 2 aromatic rings. The molecule has 1 aliphatic heterocycles. The van der Waals surface area contributed by atoms with E-state index in [9.17, 15) is 9.59 Å². The van der Waals surface area contributed by atoms with Gasteiger partial charge >= 0.3 is 11.9 Å². The van der Waals surface area contributed by atoms with E-state index in [4.69, 9.17) is 9.47 Å². The Morgan fingerprint density at radius 2 is 1.76 bits per heavy atom. The second-order valence-electron chi connectivity index (χ2n) is 4.72. The van der Waals surface area contributed by atoms with Gasteiger partial charge in [-0.15, -0.1) is 0 Å². The van der Waals surface area contributed by atoms with Gasteiger partial charge in [-0.3, -0.25) is 4.79 Å². The van der Waals surface area contributed by atoms with Gasteiger partial charge in [-0.05, 0) is 18.6 Å². The molecule has 0 spiro atoms. The van der Waals surface area contributed by atoms with Crippen molar-refractivity contribution in [2.45, 2.75) is 12.3 Å². The lowest BCUT2D eigenvalue weighted by molar-refractivity contribution is -0.155. The predicted octanol–water partition coefficient (Wildman–Crippen LogP) is 2.45. The lowest BCUT2D eigenvalue weighted by Gasteiger charge is -2.24. The predicted molar refractivity (Wildman–Crippen MR) is 75.9 cm³/mol. The highest BCUT2D eigenvalue weighted by atomic mass is 16.6. The molecule has 0 radical (unpaired) electrons. The lowest BCUT2D eigenvalue weighted by Crippen LogP contribution is -2.44. The molecule has 0 N–H and O–H groups in total. The average Bonchev–Trinajstić information content (AvgIpc) is 2.81. The molecule has 1 aliphatic rings. The number of carbonyl (C=O) groups is 2. The first-order valence-corrected chi connectivity index (χ1v) is 6.75. The molecule has 4 heteroatoms. The molecule has 2 aromatic carbocycles. The molecule has 1 heterocycles. The van der Waals surface area contributed by atoms with Crippen molar-refractivity contribution < 1.29 is 19.1 Å². The molecule has 1 unspecified atom stereocenters. The Kier molecular flexibility index (Phi) is 3.22. The first-order valence-electron chi connectivity index (χ1n) is 6.75. The molecule has 0 fully saturated rings. The van der Waals surface area contributed by atoms with Crippen molar-refractivity contribution in [3.8, 4) is 5.75 Å². The van der Waals surface area contributed by atoms with Crippen molar-refractivity contribution in [1.82, 2.24) is 0 Å². The second kappa shape index (κ2) is 5.05. The van der Waals surface area contributed by atoms with Gasteiger partial charge in [0.25, 0.3) is 0 Å². The van der Waals surface area contributed by atoms with Crippen LogP contribution >= 0.6 is 0 Å². The quantitative estimate of drug-likeness (QED) is 0.493. The average molecular weight is 282 g/mol. The van der Waals surface area contributed by atoms with E-state index in [1.807, 2.05) is 6.07 Å². The Hall–Kier alpha value is -2.62. The minimum atomic E-state index is -1.53. The van der Waals surface area contributed by atoms with E-state index in [1.165, 1.54) is 0 Å². The van der Waals surface area contributed by atoms with Gasteiger partial charge in [0.1, 0.15) is 5.75 Å². The van der Waals surface area contributed by atoms with Gasteiger partial charge < -0.3 is 9.47 Å². The topological polar surface area (TPSA) is 52.6 Å². The van der Waals surface area contributed by atoms with Gasteiger partial charge in [0.15, 0.2) is 0 Å². The molecule has 0 saturated heterocycles. The largest absolute Gasteiger partial charge is 0.465 e. The van der Waals surface area contributed by atoms with E-state index in [0.29, 0.717) is 16.9 Å². The number of esters is 2. The molecule has 3 rings (SSSR count). The minimum absolute atomic E-state index is 0.197. The van der Waals surface area contributed by atoms with Gasteiger partial charge in [0, 0.05) is 5.56 Å². The lowest BCUT2D eigenvalue weighted by atomic mass is 9.75. The summed E-state index contributed by atoms with van der Waals surface area (Å²) in [5, 5.41) is 0. The van der Waals surface area contributed by atoms with Crippen LogP contribution in [-0.2, 0) is 19.7 Å². The molecule has 0 aromatic heterocycles. The first-order chi connectivity index (χ1) is 10.2. The van der Waals surface area contributed by atoms with Crippen LogP contribution in [0.15, 0.2) is 54.6 Å². The smallest absolute Gasteiger partial charge is 0.338 e. The van der Waals surface area contributed by atoms with E-state index in [-0.39, 0.29) is 6.61 Å². The van der Waals surface area contributed by atoms with Crippen molar-refractivity contribution in [2.75, 3.05) is 6.61 Å². The summed E-state index contributed by atoms with van der Waals surface area (Å²) in [6.45, 7) is 1.91. The van der Waals surface area contributed by atoms with Gasteiger partial charge in [-0.1, -0.05) is 48.5 Å². The molecular formula is C17H14O4. The van der Waals surface area contributed by atoms with Crippen LogP contribution in [0.5, 0.6) is 5.75 Å². The van der Waals surface area contributed by atoms with Crippen molar-refractivity contribution in [1.29, 1.82) is 0 Å². The van der Waals surface area contributed by atoms with Gasteiger partial charge in [0.05, 0.1) is 6.61 Å². The van der Waals surface area contributed by atoms with Crippen LogP contribution in [0.25, 0.3) is 0 Å². The molecule has 106 valence electrons. The summed E-state index contributed by atoms with van der Waals surface area (Å²) in [5.74, 6) is -0.820. The van der Waals surface area contributed by atoms with Gasteiger partial charge in [0.2, 0.25) is 5.41 Å². The van der Waals surface area contributed by atoms with Crippen molar-refractivity contribution in [3.05, 3.63) is 65.7 Å². The molecule has 0 saturated carbocycles. The van der Waals surface area contributed by atoms with Crippen LogP contribution in [-0.4, -0.2) is 18.5 Å². The Balaban J connectivity index is 2.28. The first kappa shape index (κ1) is 13.4. The number of benzene rings is 2. The van der Waals surface area contributed by atoms with E-state index in [0.717, 1.165) is 0 Å². The van der Waals surface area contributed by atoms with Crippen molar-refractivity contribution in [3.63, 3.8) is 0 Å². The van der Waals surface area contributed by atoms with Crippen LogP contribution in [0, 0.1) is 0 Å². The Bertz CT molecular complexity index is 693. The summed E-state index contributed by atoms with van der Waals surface area (Å²) in [5.41, 5.74) is -0.452. The second-order valence-corrected chi connectivity index (χ2v) is 4.72. The third-order valence-corrected chi connectivity index (χ3v) is 3.59.